The molecule has 1 atom stereocenters. The summed E-state index contributed by atoms with van der Waals surface area (Å²) in [4.78, 5) is 15.4. The van der Waals surface area contributed by atoms with Crippen molar-refractivity contribution in [3.05, 3.63) is 23.9 Å². The molecule has 1 unspecified atom stereocenters. The molecule has 5 nitrogen and oxygen atoms in total. The number of halogens is 2. The van der Waals surface area contributed by atoms with E-state index in [1.807, 2.05) is 0 Å². The number of aliphatic hydroxyl groups excluding tert-OH is 1. The summed E-state index contributed by atoms with van der Waals surface area (Å²) in [7, 11) is 0. The zero-order valence-corrected chi connectivity index (χ0v) is 10.5. The third-order valence-corrected chi connectivity index (χ3v) is 2.28. The average molecular weight is 274 g/mol. The Morgan fingerprint density at radius 2 is 2.26 bits per heavy atom. The number of aliphatic hydroxyl groups is 1. The van der Waals surface area contributed by atoms with Crippen LogP contribution < -0.4 is 10.1 Å². The molecule has 7 heteroatoms. The highest BCUT2D eigenvalue weighted by molar-refractivity contribution is 5.93. The van der Waals surface area contributed by atoms with Crippen LogP contribution in [0, 0.1) is 5.92 Å². The molecular weight excluding hydrogens is 258 g/mol. The molecule has 1 amide bonds. The second-order valence-corrected chi connectivity index (χ2v) is 4.08. The van der Waals surface area contributed by atoms with Gasteiger partial charge in [0, 0.05) is 25.4 Å². The predicted octanol–water partition coefficient (Wildman–Crippen LogP) is 1.08. The van der Waals surface area contributed by atoms with Crippen molar-refractivity contribution in [1.29, 1.82) is 0 Å². The van der Waals surface area contributed by atoms with E-state index in [-0.39, 0.29) is 24.3 Å². The molecule has 106 valence electrons. The van der Waals surface area contributed by atoms with Crippen LogP contribution in [0.4, 0.5) is 8.78 Å². The molecule has 0 aromatic carbocycles. The summed E-state index contributed by atoms with van der Waals surface area (Å²) < 4.78 is 28.5. The molecule has 0 aliphatic carbocycles. The number of aromatic nitrogens is 1. The van der Waals surface area contributed by atoms with Gasteiger partial charge in [-0.1, -0.05) is 6.92 Å². The minimum atomic E-state index is -2.57. The minimum Gasteiger partial charge on any atom is -0.472 e. The maximum absolute atomic E-state index is 11.9. The maximum atomic E-state index is 11.9. The molecule has 1 heterocycles. The number of hydrogen-bond donors (Lipinski definition) is 2. The highest BCUT2D eigenvalue weighted by Gasteiger charge is 2.09. The van der Waals surface area contributed by atoms with Crippen molar-refractivity contribution in [3.8, 4) is 5.88 Å². The van der Waals surface area contributed by atoms with Crippen molar-refractivity contribution in [1.82, 2.24) is 10.3 Å². The number of amides is 1. The Labute approximate surface area is 109 Å². The maximum Gasteiger partial charge on any atom is 0.272 e. The molecule has 1 aromatic heterocycles. The van der Waals surface area contributed by atoms with Crippen molar-refractivity contribution in [3.63, 3.8) is 0 Å². The third-order valence-electron chi connectivity index (χ3n) is 2.28. The second-order valence-electron chi connectivity index (χ2n) is 4.08. The van der Waals surface area contributed by atoms with E-state index in [0.29, 0.717) is 12.1 Å². The SMILES string of the molecule is CC(CO)CNC(=O)c1ccc(OCC(F)F)nc1. The van der Waals surface area contributed by atoms with Crippen molar-refractivity contribution in [2.45, 2.75) is 13.3 Å². The lowest BCUT2D eigenvalue weighted by Crippen LogP contribution is -2.29. The molecular formula is C12H16F2N2O3. The number of ether oxygens (including phenoxy) is 1. The minimum absolute atomic E-state index is 0.0149. The molecule has 1 rings (SSSR count). The van der Waals surface area contributed by atoms with Gasteiger partial charge >= 0.3 is 0 Å². The van der Waals surface area contributed by atoms with Crippen LogP contribution in [0.5, 0.6) is 5.88 Å². The van der Waals surface area contributed by atoms with E-state index in [1.165, 1.54) is 18.3 Å². The van der Waals surface area contributed by atoms with Crippen LogP contribution in [0.2, 0.25) is 0 Å². The van der Waals surface area contributed by atoms with Gasteiger partial charge < -0.3 is 15.2 Å². The Morgan fingerprint density at radius 1 is 1.53 bits per heavy atom. The van der Waals surface area contributed by atoms with E-state index in [0.717, 1.165) is 0 Å². The second kappa shape index (κ2) is 7.63. The lowest BCUT2D eigenvalue weighted by Gasteiger charge is -2.09. The van der Waals surface area contributed by atoms with E-state index >= 15 is 0 Å². The van der Waals surface area contributed by atoms with Crippen molar-refractivity contribution in [2.75, 3.05) is 19.8 Å². The van der Waals surface area contributed by atoms with Gasteiger partial charge in [-0.25, -0.2) is 13.8 Å². The topological polar surface area (TPSA) is 71.5 Å². The number of carbonyl (C=O) groups excluding carboxylic acids is 1. The number of pyridine rings is 1. The van der Waals surface area contributed by atoms with Gasteiger partial charge in [-0.15, -0.1) is 0 Å². The Balaban J connectivity index is 2.48. The number of hydrogen-bond acceptors (Lipinski definition) is 4. The monoisotopic (exact) mass is 274 g/mol. The Morgan fingerprint density at radius 3 is 2.79 bits per heavy atom. The van der Waals surface area contributed by atoms with E-state index in [1.54, 1.807) is 6.92 Å². The molecule has 0 spiro atoms. The molecule has 1 aromatic rings. The van der Waals surface area contributed by atoms with E-state index in [9.17, 15) is 13.6 Å². The summed E-state index contributed by atoms with van der Waals surface area (Å²) in [5.41, 5.74) is 0.300. The van der Waals surface area contributed by atoms with Gasteiger partial charge in [0.05, 0.1) is 5.56 Å². The third kappa shape index (κ3) is 5.60. The fourth-order valence-electron chi connectivity index (χ4n) is 1.18. The Hall–Kier alpha value is -1.76. The first kappa shape index (κ1) is 15.3. The van der Waals surface area contributed by atoms with E-state index < -0.39 is 13.0 Å². The van der Waals surface area contributed by atoms with Crippen LogP contribution in [-0.2, 0) is 0 Å². The lowest BCUT2D eigenvalue weighted by molar-refractivity contribution is 0.0794. The van der Waals surface area contributed by atoms with E-state index in [4.69, 9.17) is 9.84 Å². The van der Waals surface area contributed by atoms with Crippen molar-refractivity contribution >= 4 is 5.91 Å². The largest absolute Gasteiger partial charge is 0.472 e. The number of nitrogens with zero attached hydrogens (tertiary/aromatic N) is 1. The molecule has 0 fully saturated rings. The molecule has 2 N–H and O–H groups in total. The molecule has 0 aliphatic rings. The Bertz CT molecular complexity index is 398. The lowest BCUT2D eigenvalue weighted by atomic mass is 10.2. The molecule has 0 radical (unpaired) electrons. The van der Waals surface area contributed by atoms with Gasteiger partial charge in [0.15, 0.2) is 6.61 Å². The van der Waals surface area contributed by atoms with E-state index in [2.05, 4.69) is 10.3 Å². The number of carbonyl (C=O) groups is 1. The van der Waals surface area contributed by atoms with Crippen LogP contribution in [0.25, 0.3) is 0 Å². The fraction of sp³-hybridized carbons (Fsp3) is 0.500. The van der Waals surface area contributed by atoms with Crippen LogP contribution in [0.15, 0.2) is 18.3 Å². The van der Waals surface area contributed by atoms with Crippen LogP contribution in [0.3, 0.4) is 0 Å². The van der Waals surface area contributed by atoms with Crippen LogP contribution in [0.1, 0.15) is 17.3 Å². The predicted molar refractivity (Wildman–Crippen MR) is 64.3 cm³/mol. The fourth-order valence-corrected chi connectivity index (χ4v) is 1.18. The Kier molecular flexibility index (Phi) is 6.14. The standard InChI is InChI=1S/C12H16F2N2O3/c1-8(6-17)4-16-12(18)9-2-3-11(15-5-9)19-7-10(13)14/h2-3,5,8,10,17H,4,6-7H2,1H3,(H,16,18). The van der Waals surface area contributed by atoms with Gasteiger partial charge in [0.1, 0.15) is 0 Å². The summed E-state index contributed by atoms with van der Waals surface area (Å²) >= 11 is 0. The van der Waals surface area contributed by atoms with Gasteiger partial charge in [-0.05, 0) is 12.0 Å². The molecule has 0 saturated carbocycles. The number of rotatable bonds is 7. The summed E-state index contributed by atoms with van der Waals surface area (Å²) in [5, 5.41) is 11.4. The summed E-state index contributed by atoms with van der Waals surface area (Å²) in [6, 6.07) is 2.79. The van der Waals surface area contributed by atoms with Gasteiger partial charge in [-0.2, -0.15) is 0 Å². The smallest absolute Gasteiger partial charge is 0.272 e. The van der Waals surface area contributed by atoms with Gasteiger partial charge in [0.2, 0.25) is 5.88 Å². The summed E-state index contributed by atoms with van der Waals surface area (Å²) in [5.74, 6) is -0.334. The zero-order valence-electron chi connectivity index (χ0n) is 10.5. The highest BCUT2D eigenvalue weighted by atomic mass is 19.3. The van der Waals surface area contributed by atoms with Crippen LogP contribution >= 0.6 is 0 Å². The van der Waals surface area contributed by atoms with Gasteiger partial charge in [-0.3, -0.25) is 4.79 Å². The number of alkyl halides is 2. The normalized spacial score (nSPS) is 12.3. The molecule has 19 heavy (non-hydrogen) atoms. The quantitative estimate of drug-likeness (QED) is 0.780. The zero-order chi connectivity index (χ0) is 14.3. The first-order valence-corrected chi connectivity index (χ1v) is 5.79. The van der Waals surface area contributed by atoms with Crippen molar-refractivity contribution < 1.29 is 23.4 Å². The summed E-state index contributed by atoms with van der Waals surface area (Å²) in [6.07, 6.45) is -1.32. The number of nitrogens with one attached hydrogen (secondary N) is 1. The van der Waals surface area contributed by atoms with Gasteiger partial charge in [0.25, 0.3) is 12.3 Å². The highest BCUT2D eigenvalue weighted by Crippen LogP contribution is 2.09. The van der Waals surface area contributed by atoms with Crippen molar-refractivity contribution in [2.24, 2.45) is 5.92 Å². The summed E-state index contributed by atoms with van der Waals surface area (Å²) in [6.45, 7) is 1.39. The first-order valence-electron chi connectivity index (χ1n) is 5.79. The molecule has 0 aliphatic heterocycles. The molecule has 0 bridgehead atoms. The average Bonchev–Trinajstić information content (AvgIpc) is 2.42. The first-order chi connectivity index (χ1) is 9.02. The molecule has 0 saturated heterocycles. The van der Waals surface area contributed by atoms with Crippen LogP contribution in [-0.4, -0.2) is 42.2 Å².